The standard InChI is InChI=1S/C16H21N3O/c20-16-8-4-5-14(9-16)17-10-13-11-18-19(12-13)15-6-2-1-3-7-15/h1-3,6-7,11-12,14,16-17,20H,4-5,8-10H2. The molecule has 4 heteroatoms. The number of nitrogens with one attached hydrogen (secondary N) is 1. The van der Waals surface area contributed by atoms with Crippen LogP contribution in [0.3, 0.4) is 0 Å². The third kappa shape index (κ3) is 3.26. The summed E-state index contributed by atoms with van der Waals surface area (Å²) < 4.78 is 1.90. The van der Waals surface area contributed by atoms with Crippen LogP contribution in [0.1, 0.15) is 31.2 Å². The Bertz CT molecular complexity index is 538. The first-order valence-electron chi connectivity index (χ1n) is 7.32. The van der Waals surface area contributed by atoms with Gasteiger partial charge in [0.2, 0.25) is 0 Å². The van der Waals surface area contributed by atoms with Crippen molar-refractivity contribution in [2.24, 2.45) is 0 Å². The number of hydrogen-bond donors (Lipinski definition) is 2. The summed E-state index contributed by atoms with van der Waals surface area (Å²) in [5.41, 5.74) is 2.25. The van der Waals surface area contributed by atoms with Crippen LogP contribution < -0.4 is 5.32 Å². The lowest BCUT2D eigenvalue weighted by molar-refractivity contribution is 0.111. The molecule has 1 heterocycles. The molecule has 3 rings (SSSR count). The number of para-hydroxylation sites is 1. The highest BCUT2D eigenvalue weighted by Crippen LogP contribution is 2.18. The molecule has 2 aromatic rings. The van der Waals surface area contributed by atoms with Gasteiger partial charge in [-0.2, -0.15) is 5.10 Å². The Balaban J connectivity index is 1.58. The summed E-state index contributed by atoms with van der Waals surface area (Å²) >= 11 is 0. The highest BCUT2D eigenvalue weighted by Gasteiger charge is 2.19. The van der Waals surface area contributed by atoms with E-state index in [-0.39, 0.29) is 6.10 Å². The zero-order valence-corrected chi connectivity index (χ0v) is 11.6. The number of nitrogens with zero attached hydrogens (tertiary/aromatic N) is 2. The van der Waals surface area contributed by atoms with Crippen LogP contribution in [0.4, 0.5) is 0 Å². The Morgan fingerprint density at radius 3 is 2.90 bits per heavy atom. The Labute approximate surface area is 119 Å². The van der Waals surface area contributed by atoms with Crippen LogP contribution in [0, 0.1) is 0 Å². The minimum Gasteiger partial charge on any atom is -0.393 e. The summed E-state index contributed by atoms with van der Waals surface area (Å²) in [6.45, 7) is 0.810. The summed E-state index contributed by atoms with van der Waals surface area (Å²) in [7, 11) is 0. The maximum absolute atomic E-state index is 9.67. The molecule has 106 valence electrons. The average Bonchev–Trinajstić information content (AvgIpc) is 2.95. The largest absolute Gasteiger partial charge is 0.393 e. The van der Waals surface area contributed by atoms with Crippen molar-refractivity contribution in [3.63, 3.8) is 0 Å². The Morgan fingerprint density at radius 1 is 1.25 bits per heavy atom. The lowest BCUT2D eigenvalue weighted by Crippen LogP contribution is -2.35. The maximum Gasteiger partial charge on any atom is 0.0645 e. The molecule has 1 aliphatic carbocycles. The van der Waals surface area contributed by atoms with Gasteiger partial charge < -0.3 is 10.4 Å². The monoisotopic (exact) mass is 271 g/mol. The first kappa shape index (κ1) is 13.3. The van der Waals surface area contributed by atoms with Gasteiger partial charge in [0, 0.05) is 24.3 Å². The van der Waals surface area contributed by atoms with Gasteiger partial charge in [0.15, 0.2) is 0 Å². The van der Waals surface area contributed by atoms with E-state index < -0.39 is 0 Å². The zero-order chi connectivity index (χ0) is 13.8. The third-order valence-electron chi connectivity index (χ3n) is 3.90. The zero-order valence-electron chi connectivity index (χ0n) is 11.6. The van der Waals surface area contributed by atoms with E-state index in [4.69, 9.17) is 0 Å². The number of benzene rings is 1. The lowest BCUT2D eigenvalue weighted by atomic mass is 9.93. The molecule has 0 bridgehead atoms. The molecule has 0 spiro atoms. The van der Waals surface area contributed by atoms with Gasteiger partial charge in [-0.3, -0.25) is 0 Å². The van der Waals surface area contributed by atoms with Crippen molar-refractivity contribution < 1.29 is 5.11 Å². The van der Waals surface area contributed by atoms with E-state index >= 15 is 0 Å². The molecular formula is C16H21N3O. The molecular weight excluding hydrogens is 250 g/mol. The first-order chi connectivity index (χ1) is 9.81. The van der Waals surface area contributed by atoms with E-state index in [0.29, 0.717) is 6.04 Å². The summed E-state index contributed by atoms with van der Waals surface area (Å²) in [6, 6.07) is 10.5. The normalized spacial score (nSPS) is 22.9. The van der Waals surface area contributed by atoms with Crippen LogP contribution >= 0.6 is 0 Å². The van der Waals surface area contributed by atoms with E-state index in [1.54, 1.807) is 0 Å². The van der Waals surface area contributed by atoms with Crippen molar-refractivity contribution in [1.29, 1.82) is 0 Å². The molecule has 0 aliphatic heterocycles. The summed E-state index contributed by atoms with van der Waals surface area (Å²) in [4.78, 5) is 0. The quantitative estimate of drug-likeness (QED) is 0.897. The highest BCUT2D eigenvalue weighted by atomic mass is 16.3. The predicted octanol–water partition coefficient (Wildman–Crippen LogP) is 2.27. The smallest absolute Gasteiger partial charge is 0.0645 e. The Kier molecular flexibility index (Phi) is 4.14. The minimum atomic E-state index is -0.131. The van der Waals surface area contributed by atoms with E-state index in [2.05, 4.69) is 16.6 Å². The number of hydrogen-bond acceptors (Lipinski definition) is 3. The van der Waals surface area contributed by atoms with Crippen molar-refractivity contribution in [3.8, 4) is 5.69 Å². The van der Waals surface area contributed by atoms with Crippen molar-refractivity contribution in [3.05, 3.63) is 48.3 Å². The summed E-state index contributed by atoms with van der Waals surface area (Å²) in [6.07, 6.45) is 7.91. The van der Waals surface area contributed by atoms with Gasteiger partial charge in [-0.05, 0) is 37.8 Å². The van der Waals surface area contributed by atoms with Gasteiger partial charge in [0.05, 0.1) is 18.0 Å². The lowest BCUT2D eigenvalue weighted by Gasteiger charge is -2.26. The van der Waals surface area contributed by atoms with Crippen LogP contribution in [0.2, 0.25) is 0 Å². The fraction of sp³-hybridized carbons (Fsp3) is 0.438. The molecule has 0 radical (unpaired) electrons. The van der Waals surface area contributed by atoms with Crippen LogP contribution in [-0.2, 0) is 6.54 Å². The maximum atomic E-state index is 9.67. The summed E-state index contributed by atoms with van der Waals surface area (Å²) in [5.74, 6) is 0. The molecule has 2 N–H and O–H groups in total. The van der Waals surface area contributed by atoms with Crippen molar-refractivity contribution >= 4 is 0 Å². The predicted molar refractivity (Wildman–Crippen MR) is 78.7 cm³/mol. The number of aromatic nitrogens is 2. The molecule has 2 unspecified atom stereocenters. The van der Waals surface area contributed by atoms with Gasteiger partial charge in [-0.25, -0.2) is 4.68 Å². The van der Waals surface area contributed by atoms with Crippen molar-refractivity contribution in [2.75, 3.05) is 0 Å². The van der Waals surface area contributed by atoms with Gasteiger partial charge in [-0.1, -0.05) is 18.2 Å². The molecule has 0 amide bonds. The topological polar surface area (TPSA) is 50.1 Å². The molecule has 2 atom stereocenters. The van der Waals surface area contributed by atoms with E-state index in [9.17, 15) is 5.11 Å². The second-order valence-electron chi connectivity index (χ2n) is 5.53. The SMILES string of the molecule is OC1CCCC(NCc2cnn(-c3ccccc3)c2)C1. The molecule has 4 nitrogen and oxygen atoms in total. The molecule has 0 saturated heterocycles. The number of aliphatic hydroxyl groups is 1. The van der Waals surface area contributed by atoms with Gasteiger partial charge in [0.1, 0.15) is 0 Å². The third-order valence-corrected chi connectivity index (χ3v) is 3.90. The van der Waals surface area contributed by atoms with Gasteiger partial charge in [0.25, 0.3) is 0 Å². The minimum absolute atomic E-state index is 0.131. The molecule has 1 aliphatic rings. The first-order valence-corrected chi connectivity index (χ1v) is 7.32. The second kappa shape index (κ2) is 6.20. The van der Waals surface area contributed by atoms with Crippen molar-refractivity contribution in [2.45, 2.75) is 44.4 Å². The average molecular weight is 271 g/mol. The Hall–Kier alpha value is -1.65. The molecule has 1 aromatic carbocycles. The van der Waals surface area contributed by atoms with Crippen LogP contribution in [0.15, 0.2) is 42.7 Å². The fourth-order valence-corrected chi connectivity index (χ4v) is 2.78. The van der Waals surface area contributed by atoms with Crippen LogP contribution in [0.5, 0.6) is 0 Å². The summed E-state index contributed by atoms with van der Waals surface area (Å²) in [5, 5.41) is 17.6. The molecule has 1 aromatic heterocycles. The van der Waals surface area contributed by atoms with Crippen molar-refractivity contribution in [1.82, 2.24) is 15.1 Å². The highest BCUT2D eigenvalue weighted by molar-refractivity contribution is 5.30. The second-order valence-corrected chi connectivity index (χ2v) is 5.53. The number of rotatable bonds is 4. The van der Waals surface area contributed by atoms with Gasteiger partial charge in [-0.15, -0.1) is 0 Å². The molecule has 1 saturated carbocycles. The number of aliphatic hydroxyl groups excluding tert-OH is 1. The Morgan fingerprint density at radius 2 is 2.10 bits per heavy atom. The van der Waals surface area contributed by atoms with E-state index in [1.165, 1.54) is 5.56 Å². The molecule has 20 heavy (non-hydrogen) atoms. The molecule has 1 fully saturated rings. The van der Waals surface area contributed by atoms with Gasteiger partial charge >= 0.3 is 0 Å². The van der Waals surface area contributed by atoms with E-state index in [1.807, 2.05) is 41.2 Å². The van der Waals surface area contributed by atoms with Crippen LogP contribution in [0.25, 0.3) is 5.69 Å². The van der Waals surface area contributed by atoms with Crippen LogP contribution in [-0.4, -0.2) is 27.0 Å². The van der Waals surface area contributed by atoms with E-state index in [0.717, 1.165) is 37.9 Å². The fourth-order valence-electron chi connectivity index (χ4n) is 2.78.